The summed E-state index contributed by atoms with van der Waals surface area (Å²) in [7, 11) is 0. The Balaban J connectivity index is 2.59. The van der Waals surface area contributed by atoms with Gasteiger partial charge in [0, 0.05) is 31.8 Å². The molecule has 1 heterocycles. The molecule has 1 unspecified atom stereocenters. The smallest absolute Gasteiger partial charge is 0.332 e. The van der Waals surface area contributed by atoms with Crippen LogP contribution in [0.2, 0.25) is 0 Å². The van der Waals surface area contributed by atoms with Crippen molar-refractivity contribution in [3.8, 4) is 0 Å². The summed E-state index contributed by atoms with van der Waals surface area (Å²) in [4.78, 5) is 25.9. The van der Waals surface area contributed by atoms with E-state index in [9.17, 15) is 9.59 Å². The number of aromatic nitrogens is 2. The maximum Gasteiger partial charge on any atom is 0.332 e. The minimum Gasteiger partial charge on any atom is -0.479 e. The van der Waals surface area contributed by atoms with E-state index in [1.165, 1.54) is 23.2 Å². The van der Waals surface area contributed by atoms with Gasteiger partial charge in [-0.1, -0.05) is 0 Å². The van der Waals surface area contributed by atoms with Gasteiger partial charge in [0.2, 0.25) is 0 Å². The van der Waals surface area contributed by atoms with Crippen LogP contribution in [0.4, 0.5) is 0 Å². The molecule has 0 fully saturated rings. The number of nitrogens with zero attached hydrogens (tertiary/aromatic N) is 2. The highest BCUT2D eigenvalue weighted by molar-refractivity contribution is 5.72. The van der Waals surface area contributed by atoms with Crippen molar-refractivity contribution in [1.82, 2.24) is 9.55 Å². The Hall–Kier alpha value is -1.69. The number of carboxylic acid groups (broad SMARTS) is 1. The first-order valence-electron chi connectivity index (χ1n) is 5.00. The van der Waals surface area contributed by atoms with Gasteiger partial charge in [-0.2, -0.15) is 0 Å². The van der Waals surface area contributed by atoms with E-state index in [0.717, 1.165) is 0 Å². The highest BCUT2D eigenvalue weighted by Crippen LogP contribution is 2.00. The lowest BCUT2D eigenvalue weighted by Gasteiger charge is -2.12. The Labute approximate surface area is 92.5 Å². The number of ether oxygens (including phenoxy) is 1. The zero-order valence-corrected chi connectivity index (χ0v) is 9.00. The molecule has 0 bridgehead atoms. The zero-order valence-electron chi connectivity index (χ0n) is 9.00. The molecule has 0 aromatic carbocycles. The second-order valence-electron chi connectivity index (χ2n) is 3.18. The molecule has 1 atom stereocenters. The van der Waals surface area contributed by atoms with Gasteiger partial charge < -0.3 is 9.84 Å². The molecule has 0 aliphatic rings. The second kappa shape index (κ2) is 6.02. The highest BCUT2D eigenvalue weighted by atomic mass is 16.5. The van der Waals surface area contributed by atoms with Crippen LogP contribution in [-0.4, -0.2) is 33.3 Å². The minimum atomic E-state index is -1.02. The fourth-order valence-corrected chi connectivity index (χ4v) is 1.28. The highest BCUT2D eigenvalue weighted by Gasteiger charge is 2.17. The van der Waals surface area contributed by atoms with Crippen molar-refractivity contribution < 1.29 is 14.6 Å². The summed E-state index contributed by atoms with van der Waals surface area (Å²) in [5, 5.41) is 8.82. The number of aryl methyl sites for hydroxylation is 1. The largest absolute Gasteiger partial charge is 0.479 e. The number of aliphatic carboxylic acids is 1. The average Bonchev–Trinajstić information content (AvgIpc) is 2.26. The first-order valence-corrected chi connectivity index (χ1v) is 5.00. The summed E-state index contributed by atoms with van der Waals surface area (Å²) >= 11 is 0. The van der Waals surface area contributed by atoms with Crippen molar-refractivity contribution >= 4 is 5.97 Å². The molecule has 1 aromatic rings. The number of rotatable bonds is 6. The molecule has 0 aliphatic carbocycles. The maximum absolute atomic E-state index is 11.3. The van der Waals surface area contributed by atoms with Crippen molar-refractivity contribution in [2.24, 2.45) is 0 Å². The fourth-order valence-electron chi connectivity index (χ4n) is 1.28. The van der Waals surface area contributed by atoms with E-state index < -0.39 is 12.1 Å². The molecule has 0 aliphatic heterocycles. The fraction of sp³-hybridized carbons (Fsp3) is 0.500. The van der Waals surface area contributed by atoms with E-state index in [4.69, 9.17) is 9.84 Å². The third-order valence-electron chi connectivity index (χ3n) is 2.07. The molecule has 6 nitrogen and oxygen atoms in total. The quantitative estimate of drug-likeness (QED) is 0.745. The number of carbonyl (C=O) groups is 1. The molecule has 0 saturated carbocycles. The van der Waals surface area contributed by atoms with Gasteiger partial charge in [0.05, 0.1) is 6.33 Å². The topological polar surface area (TPSA) is 81.4 Å². The summed E-state index contributed by atoms with van der Waals surface area (Å²) < 4.78 is 6.39. The van der Waals surface area contributed by atoms with Crippen LogP contribution in [-0.2, 0) is 16.1 Å². The number of hydrogen-bond donors (Lipinski definition) is 1. The SMILES string of the molecule is CCOC(CCn1cnccc1=O)C(=O)O. The molecule has 0 saturated heterocycles. The van der Waals surface area contributed by atoms with E-state index in [1.54, 1.807) is 6.92 Å². The lowest BCUT2D eigenvalue weighted by molar-refractivity contribution is -0.150. The predicted molar refractivity (Wildman–Crippen MR) is 56.2 cm³/mol. The van der Waals surface area contributed by atoms with E-state index in [0.29, 0.717) is 6.61 Å². The first kappa shape index (κ1) is 12.4. The van der Waals surface area contributed by atoms with Crippen LogP contribution in [0.25, 0.3) is 0 Å². The molecule has 6 heteroatoms. The molecule has 1 N–H and O–H groups in total. The van der Waals surface area contributed by atoms with Gasteiger partial charge in [-0.15, -0.1) is 0 Å². The van der Waals surface area contributed by atoms with Gasteiger partial charge in [0.15, 0.2) is 6.10 Å². The van der Waals surface area contributed by atoms with E-state index in [1.807, 2.05) is 0 Å². The first-order chi connectivity index (χ1) is 7.65. The standard InChI is InChI=1S/C10H14N2O4/c1-2-16-8(10(14)15)4-6-12-7-11-5-3-9(12)13/h3,5,7-8H,2,4,6H2,1H3,(H,14,15). The molecule has 16 heavy (non-hydrogen) atoms. The van der Waals surface area contributed by atoms with Gasteiger partial charge in [-0.3, -0.25) is 9.36 Å². The Morgan fingerprint density at radius 3 is 3.00 bits per heavy atom. The second-order valence-corrected chi connectivity index (χ2v) is 3.18. The maximum atomic E-state index is 11.3. The predicted octanol–water partition coefficient (Wildman–Crippen LogP) is 0.123. The van der Waals surface area contributed by atoms with Crippen LogP contribution >= 0.6 is 0 Å². The minimum absolute atomic E-state index is 0.198. The van der Waals surface area contributed by atoms with Crippen LogP contribution < -0.4 is 5.56 Å². The Morgan fingerprint density at radius 2 is 2.44 bits per heavy atom. The van der Waals surface area contributed by atoms with Crippen LogP contribution in [0.15, 0.2) is 23.4 Å². The molecule has 0 radical (unpaired) electrons. The summed E-state index contributed by atoms with van der Waals surface area (Å²) in [6.07, 6.45) is 2.15. The summed E-state index contributed by atoms with van der Waals surface area (Å²) in [6, 6.07) is 1.33. The van der Waals surface area contributed by atoms with Crippen LogP contribution in [0.3, 0.4) is 0 Å². The van der Waals surface area contributed by atoms with Crippen molar-refractivity contribution in [2.45, 2.75) is 26.0 Å². The molecular formula is C10H14N2O4. The summed E-state index contributed by atoms with van der Waals surface area (Å²) in [5.74, 6) is -1.02. The Kier molecular flexibility index (Phi) is 4.65. The van der Waals surface area contributed by atoms with E-state index in [-0.39, 0.29) is 18.5 Å². The van der Waals surface area contributed by atoms with Gasteiger partial charge in [-0.25, -0.2) is 9.78 Å². The third-order valence-corrected chi connectivity index (χ3v) is 2.07. The Bertz CT molecular complexity index is 402. The van der Waals surface area contributed by atoms with E-state index in [2.05, 4.69) is 4.98 Å². The van der Waals surface area contributed by atoms with Crippen molar-refractivity contribution in [1.29, 1.82) is 0 Å². The molecule has 0 spiro atoms. The van der Waals surface area contributed by atoms with Crippen molar-refractivity contribution in [3.05, 3.63) is 28.9 Å². The number of carboxylic acids is 1. The normalized spacial score (nSPS) is 12.3. The molecule has 88 valence electrons. The molecule has 1 rings (SSSR count). The average molecular weight is 226 g/mol. The Morgan fingerprint density at radius 1 is 1.69 bits per heavy atom. The molecular weight excluding hydrogens is 212 g/mol. The summed E-state index contributed by atoms with van der Waals surface area (Å²) in [6.45, 7) is 2.34. The number of hydrogen-bond acceptors (Lipinski definition) is 4. The summed E-state index contributed by atoms with van der Waals surface area (Å²) in [5.41, 5.74) is -0.198. The van der Waals surface area contributed by atoms with Gasteiger partial charge >= 0.3 is 5.97 Å². The van der Waals surface area contributed by atoms with Crippen LogP contribution in [0.1, 0.15) is 13.3 Å². The lowest BCUT2D eigenvalue weighted by Crippen LogP contribution is -2.28. The molecule has 0 amide bonds. The van der Waals surface area contributed by atoms with Gasteiger partial charge in [0.1, 0.15) is 0 Å². The van der Waals surface area contributed by atoms with Crippen LogP contribution in [0, 0.1) is 0 Å². The van der Waals surface area contributed by atoms with Gasteiger partial charge in [-0.05, 0) is 6.92 Å². The van der Waals surface area contributed by atoms with Gasteiger partial charge in [0.25, 0.3) is 5.56 Å². The third kappa shape index (κ3) is 3.47. The lowest BCUT2D eigenvalue weighted by atomic mass is 10.2. The van der Waals surface area contributed by atoms with E-state index >= 15 is 0 Å². The monoisotopic (exact) mass is 226 g/mol. The van der Waals surface area contributed by atoms with Crippen molar-refractivity contribution in [2.75, 3.05) is 6.61 Å². The molecule has 1 aromatic heterocycles. The van der Waals surface area contributed by atoms with Crippen molar-refractivity contribution in [3.63, 3.8) is 0 Å². The zero-order chi connectivity index (χ0) is 12.0. The van der Waals surface area contributed by atoms with Crippen LogP contribution in [0.5, 0.6) is 0 Å².